The molecule has 5 N–H and O–H groups in total. The van der Waals surface area contributed by atoms with Gasteiger partial charge in [0.1, 0.15) is 24.0 Å². The second kappa shape index (κ2) is 23.9. The van der Waals surface area contributed by atoms with E-state index in [1.165, 1.54) is 19.1 Å². The van der Waals surface area contributed by atoms with Gasteiger partial charge in [-0.1, -0.05) is 51.5 Å². The number of nitrogens with one attached hydrogen (secondary N) is 1. The molecule has 2 saturated heterocycles. The summed E-state index contributed by atoms with van der Waals surface area (Å²) in [4.78, 5) is 58.4. The number of piperidine rings is 1. The number of hydrogen-bond donors (Lipinski definition) is 5. The fraction of sp³-hybridized carbons (Fsp3) is 0.698. The van der Waals surface area contributed by atoms with Gasteiger partial charge in [0.2, 0.25) is 5.79 Å². The van der Waals surface area contributed by atoms with Gasteiger partial charge < -0.3 is 54.2 Å². The number of rotatable bonds is 10. The van der Waals surface area contributed by atoms with Crippen LogP contribution in [0.1, 0.15) is 118 Å². The molecule has 4 heterocycles. The van der Waals surface area contributed by atoms with Crippen LogP contribution >= 0.6 is 0 Å². The highest BCUT2D eigenvalue weighted by Gasteiger charge is 2.56. The summed E-state index contributed by atoms with van der Waals surface area (Å²) in [7, 11) is 3.07. The molecule has 6 rings (SSSR count). The normalized spacial score (nSPS) is 35.6. The van der Waals surface area contributed by atoms with Crippen LogP contribution < -0.4 is 5.32 Å². The van der Waals surface area contributed by atoms with Gasteiger partial charge in [0, 0.05) is 75.8 Å². The molecule has 15 nitrogen and oxygen atoms in total. The molecule has 1 aliphatic carbocycles. The molecule has 15 heteroatoms. The highest BCUT2D eigenvalue weighted by molar-refractivity contribution is 6.39. The lowest BCUT2D eigenvalue weighted by molar-refractivity contribution is -0.302. The molecular weight excluding hydrogens is 871 g/mol. The van der Waals surface area contributed by atoms with E-state index in [1.54, 1.807) is 13.8 Å². The smallest absolute Gasteiger partial charge is 0.329 e. The minimum atomic E-state index is -2.52. The minimum absolute atomic E-state index is 0.0215. The van der Waals surface area contributed by atoms with Crippen LogP contribution in [0.4, 0.5) is 0 Å². The summed E-state index contributed by atoms with van der Waals surface area (Å²) in [5.41, 5.74) is 3.77. The van der Waals surface area contributed by atoms with Crippen LogP contribution in [0.15, 0.2) is 53.8 Å². The number of carbonyl (C=O) groups excluding carboxylic acids is 4. The molecular formula is C53H79N3O12. The molecule has 4 aliphatic rings. The lowest BCUT2D eigenvalue weighted by Crippen LogP contribution is -2.64. The zero-order valence-electron chi connectivity index (χ0n) is 41.6. The van der Waals surface area contributed by atoms with E-state index < -0.39 is 83.9 Å². The van der Waals surface area contributed by atoms with E-state index in [4.69, 9.17) is 18.9 Å². The Balaban J connectivity index is 1.25. The molecule has 0 radical (unpaired) electrons. The Bertz CT molecular complexity index is 2120. The van der Waals surface area contributed by atoms with Gasteiger partial charge in [-0.05, 0) is 125 Å². The molecule has 1 aromatic carbocycles. The van der Waals surface area contributed by atoms with Crippen molar-refractivity contribution in [2.45, 2.75) is 180 Å². The Morgan fingerprint density at radius 1 is 0.956 bits per heavy atom. The van der Waals surface area contributed by atoms with Crippen LogP contribution in [-0.2, 0) is 51.2 Å². The van der Waals surface area contributed by atoms with Crippen molar-refractivity contribution in [3.05, 3.63) is 59.3 Å². The van der Waals surface area contributed by atoms with E-state index in [-0.39, 0.29) is 56.1 Å². The van der Waals surface area contributed by atoms with Crippen LogP contribution in [-0.4, -0.2) is 135 Å². The molecule has 1 saturated carbocycles. The third-order valence-corrected chi connectivity index (χ3v) is 15.4. The summed E-state index contributed by atoms with van der Waals surface area (Å²) in [6.45, 7) is 12.4. The molecule has 3 fully saturated rings. The molecule has 14 unspecified atom stereocenters. The maximum atomic E-state index is 14.5. The van der Waals surface area contributed by atoms with E-state index >= 15 is 0 Å². The van der Waals surface area contributed by atoms with Gasteiger partial charge in [0.15, 0.2) is 0 Å². The Hall–Kier alpha value is -3.80. The Kier molecular flexibility index (Phi) is 18.8. The van der Waals surface area contributed by atoms with Gasteiger partial charge in [0.25, 0.3) is 11.7 Å². The number of hydrogen-bond acceptors (Lipinski definition) is 13. The highest BCUT2D eigenvalue weighted by Crippen LogP contribution is 2.39. The zero-order valence-corrected chi connectivity index (χ0v) is 41.6. The summed E-state index contributed by atoms with van der Waals surface area (Å²) in [5.74, 6) is -7.72. The second-order valence-corrected chi connectivity index (χ2v) is 20.5. The van der Waals surface area contributed by atoms with Gasteiger partial charge in [-0.15, -0.1) is 0 Å². The van der Waals surface area contributed by atoms with Crippen LogP contribution in [0, 0.1) is 29.6 Å². The summed E-state index contributed by atoms with van der Waals surface area (Å²) >= 11 is 0. The average Bonchev–Trinajstić information content (AvgIpc) is 3.72. The monoisotopic (exact) mass is 950 g/mol. The molecule has 14 atom stereocenters. The number of fused-ring (bicyclic) bond motifs is 4. The number of ether oxygens (including phenoxy) is 4. The molecule has 378 valence electrons. The third kappa shape index (κ3) is 12.4. The van der Waals surface area contributed by atoms with Crippen LogP contribution in [0.25, 0.3) is 10.9 Å². The maximum absolute atomic E-state index is 14.5. The number of esters is 1. The fourth-order valence-electron chi connectivity index (χ4n) is 11.3. The number of ketones is 2. The first-order valence-electron chi connectivity index (χ1n) is 25.1. The van der Waals surface area contributed by atoms with Gasteiger partial charge in [-0.25, -0.2) is 4.79 Å². The topological polar surface area (TPSA) is 206 Å². The van der Waals surface area contributed by atoms with E-state index in [1.807, 2.05) is 55.8 Å². The van der Waals surface area contributed by atoms with Crippen LogP contribution in [0.5, 0.6) is 0 Å². The van der Waals surface area contributed by atoms with Crippen molar-refractivity contribution in [1.82, 2.24) is 14.8 Å². The number of amides is 1. The largest absolute Gasteiger partial charge is 0.456 e. The molecule has 2 bridgehead atoms. The van der Waals surface area contributed by atoms with Gasteiger partial charge in [-0.2, -0.15) is 0 Å². The number of benzene rings is 1. The standard InChI is InChI=1S/C53H79N3O12/c1-9-38-23-31(2)22-32(3)24-46(65-7)49-47(66-8)26-34(5)53(64,68-49)50(61)51(62)56-18-11-10-12-42(56)52(63)67-48(35(6)43(58)29-44(38)59)33(4)25-36-13-15-40(45(60)28-36)54-30-37-14-16-41-39(27-37)17-19-55(41)20-21-57/h14,16-17,19,23,25,27,32,34-36,38,40,42-43,45-49,54,57-58,60,64H,9-13,15,18,20-22,24,26,28-30H2,1-8H3. The van der Waals surface area contributed by atoms with Crippen molar-refractivity contribution in [1.29, 1.82) is 0 Å². The Labute approximate surface area is 402 Å². The number of methoxy groups -OCH3 is 2. The van der Waals surface area contributed by atoms with Crippen molar-refractivity contribution in [3.8, 4) is 0 Å². The first kappa shape index (κ1) is 53.5. The van der Waals surface area contributed by atoms with Crippen molar-refractivity contribution in [2.24, 2.45) is 29.6 Å². The number of aromatic nitrogens is 1. The van der Waals surface area contributed by atoms with Crippen molar-refractivity contribution in [3.63, 3.8) is 0 Å². The summed E-state index contributed by atoms with van der Waals surface area (Å²) in [5, 5.41) is 49.4. The highest BCUT2D eigenvalue weighted by atomic mass is 16.7. The molecule has 68 heavy (non-hydrogen) atoms. The zero-order chi connectivity index (χ0) is 49.4. The number of aliphatic hydroxyl groups excluding tert-OH is 3. The minimum Gasteiger partial charge on any atom is -0.456 e. The number of carbonyl (C=O) groups is 4. The predicted molar refractivity (Wildman–Crippen MR) is 257 cm³/mol. The van der Waals surface area contributed by atoms with Gasteiger partial charge in [-0.3, -0.25) is 14.4 Å². The average molecular weight is 950 g/mol. The second-order valence-electron chi connectivity index (χ2n) is 20.5. The molecule has 2 aromatic rings. The number of nitrogens with zero attached hydrogens (tertiary/aromatic N) is 2. The van der Waals surface area contributed by atoms with Crippen molar-refractivity contribution in [2.75, 3.05) is 27.4 Å². The first-order valence-corrected chi connectivity index (χ1v) is 25.1. The maximum Gasteiger partial charge on any atom is 0.329 e. The Morgan fingerprint density at radius 2 is 1.69 bits per heavy atom. The number of aliphatic hydroxyl groups is 4. The van der Waals surface area contributed by atoms with Crippen molar-refractivity contribution >= 4 is 34.3 Å². The van der Waals surface area contributed by atoms with Gasteiger partial charge in [0.05, 0.1) is 31.0 Å². The van der Waals surface area contributed by atoms with Crippen molar-refractivity contribution < 1.29 is 58.6 Å². The summed E-state index contributed by atoms with van der Waals surface area (Å²) in [6, 6.07) is 6.94. The Morgan fingerprint density at radius 3 is 2.38 bits per heavy atom. The quantitative estimate of drug-likeness (QED) is 0.113. The summed E-state index contributed by atoms with van der Waals surface area (Å²) < 4.78 is 26.4. The SMILES string of the molecule is CCC1C=C(C)CC(C)CC(OC)C2OC(O)(C(=O)C(=O)N3CCCCC3C(=O)OC(C(C)=CC3CCC(NCc4ccc5c(ccn5CCO)c4)C(O)C3)C(C)C(O)CC1=O)C(C)CC2OC. The number of cyclic esters (lactones) is 1. The van der Waals surface area contributed by atoms with E-state index in [0.29, 0.717) is 63.6 Å². The van der Waals surface area contributed by atoms with E-state index in [9.17, 15) is 39.6 Å². The third-order valence-electron chi connectivity index (χ3n) is 15.4. The molecule has 0 spiro atoms. The molecule has 1 aromatic heterocycles. The number of allylic oxidation sites excluding steroid dienone is 3. The van der Waals surface area contributed by atoms with Crippen LogP contribution in [0.3, 0.4) is 0 Å². The van der Waals surface area contributed by atoms with E-state index in [0.717, 1.165) is 28.5 Å². The lowest BCUT2D eigenvalue weighted by Gasteiger charge is -2.47. The lowest BCUT2D eigenvalue weighted by atomic mass is 9.81. The van der Waals surface area contributed by atoms with E-state index in [2.05, 4.69) is 24.4 Å². The number of Topliss-reactive ketones (excluding diaryl/α,β-unsaturated/α-hetero) is 2. The molecule has 3 aliphatic heterocycles. The molecule has 1 amide bonds. The summed E-state index contributed by atoms with van der Waals surface area (Å²) in [6.07, 6.45) is 5.84. The fourth-order valence-corrected chi connectivity index (χ4v) is 11.3. The van der Waals surface area contributed by atoms with Gasteiger partial charge >= 0.3 is 5.97 Å². The van der Waals surface area contributed by atoms with Crippen LogP contribution in [0.2, 0.25) is 0 Å². The first-order chi connectivity index (χ1) is 32.4. The predicted octanol–water partition coefficient (Wildman–Crippen LogP) is 5.56.